The number of H-pyrrole nitrogens is 1. The summed E-state index contributed by atoms with van der Waals surface area (Å²) in [7, 11) is 0. The van der Waals surface area contributed by atoms with Gasteiger partial charge in [-0.2, -0.15) is 0 Å². The second-order valence-electron chi connectivity index (χ2n) is 7.42. The van der Waals surface area contributed by atoms with Crippen LogP contribution in [0.15, 0.2) is 54.7 Å². The minimum atomic E-state index is -0.871. The number of nitrogens with one attached hydrogen (secondary N) is 1. The fourth-order valence-electron chi connectivity index (χ4n) is 3.74. The highest BCUT2D eigenvalue weighted by Crippen LogP contribution is 2.27. The minimum Gasteiger partial charge on any atom is -0.382 e. The molecule has 1 aliphatic heterocycles. The zero-order valence-corrected chi connectivity index (χ0v) is 16.8. The maximum absolute atomic E-state index is 14.0. The molecule has 3 heterocycles. The van der Waals surface area contributed by atoms with E-state index in [-0.39, 0.29) is 15.2 Å². The average molecular weight is 436 g/mol. The van der Waals surface area contributed by atoms with Gasteiger partial charge in [0.2, 0.25) is 0 Å². The summed E-state index contributed by atoms with van der Waals surface area (Å²) in [5.41, 5.74) is 9.08. The van der Waals surface area contributed by atoms with Crippen LogP contribution < -0.4 is 5.73 Å². The van der Waals surface area contributed by atoms with Crippen molar-refractivity contribution < 1.29 is 16.4 Å². The Balaban J connectivity index is 0.00000162. The van der Waals surface area contributed by atoms with Crippen molar-refractivity contribution >= 4 is 28.3 Å². The number of anilines is 1. The number of nitrogens with zero attached hydrogens (tertiary/aromatic N) is 4. The van der Waals surface area contributed by atoms with Gasteiger partial charge in [0.1, 0.15) is 22.9 Å². The summed E-state index contributed by atoms with van der Waals surface area (Å²) in [6.07, 6.45) is 3.84. The molecule has 0 saturated carbocycles. The smallest absolute Gasteiger partial charge is 0.260 e. The SMILES string of the molecule is Nc1ncc(C2=CCN(C(=O)c3c(F)cccc3F)CC2)nc1-c1nc2ccccc2[nH]1.[HH].[HH]. The van der Waals surface area contributed by atoms with E-state index in [2.05, 4.69) is 19.9 Å². The van der Waals surface area contributed by atoms with E-state index in [9.17, 15) is 13.6 Å². The van der Waals surface area contributed by atoms with Crippen molar-refractivity contribution in [2.24, 2.45) is 0 Å². The summed E-state index contributed by atoms with van der Waals surface area (Å²) >= 11 is 0. The molecule has 1 amide bonds. The van der Waals surface area contributed by atoms with Gasteiger partial charge in [-0.15, -0.1) is 0 Å². The molecule has 0 saturated heterocycles. The Kier molecular flexibility index (Phi) is 4.85. The molecule has 0 aliphatic carbocycles. The second-order valence-corrected chi connectivity index (χ2v) is 7.42. The number of hydrogen-bond acceptors (Lipinski definition) is 5. The van der Waals surface area contributed by atoms with E-state index in [0.717, 1.165) is 28.7 Å². The Hall–Kier alpha value is -4.14. The lowest BCUT2D eigenvalue weighted by Crippen LogP contribution is -2.35. The number of halogens is 2. The number of nitrogen functional groups attached to an aromatic ring is 1. The number of para-hydroxylation sites is 2. The fourth-order valence-corrected chi connectivity index (χ4v) is 3.74. The van der Waals surface area contributed by atoms with Gasteiger partial charge in [0.25, 0.3) is 5.91 Å². The number of aromatic nitrogens is 4. The molecule has 3 N–H and O–H groups in total. The van der Waals surface area contributed by atoms with Crippen LogP contribution in [0.3, 0.4) is 0 Å². The third-order valence-corrected chi connectivity index (χ3v) is 5.42. The summed E-state index contributed by atoms with van der Waals surface area (Å²) < 4.78 is 28.0. The van der Waals surface area contributed by atoms with E-state index < -0.39 is 23.1 Å². The zero-order chi connectivity index (χ0) is 22.2. The molecule has 5 rings (SSSR count). The van der Waals surface area contributed by atoms with E-state index in [1.165, 1.54) is 11.0 Å². The molecular formula is C23H22F2N6O. The van der Waals surface area contributed by atoms with Crippen LogP contribution in [-0.4, -0.2) is 43.8 Å². The number of imidazole rings is 1. The molecule has 2 aromatic heterocycles. The van der Waals surface area contributed by atoms with Gasteiger partial charge in [-0.05, 0) is 36.3 Å². The Morgan fingerprint density at radius 2 is 1.88 bits per heavy atom. The molecule has 2 aromatic carbocycles. The highest BCUT2D eigenvalue weighted by atomic mass is 19.1. The number of carbonyl (C=O) groups is 1. The predicted molar refractivity (Wildman–Crippen MR) is 121 cm³/mol. The van der Waals surface area contributed by atoms with Gasteiger partial charge >= 0.3 is 0 Å². The van der Waals surface area contributed by atoms with Crippen molar-refractivity contribution in [3.63, 3.8) is 0 Å². The van der Waals surface area contributed by atoms with Crippen molar-refractivity contribution in [1.82, 2.24) is 24.8 Å². The number of fused-ring (bicyclic) bond motifs is 1. The summed E-state index contributed by atoms with van der Waals surface area (Å²) in [6.45, 7) is 0.498. The zero-order valence-electron chi connectivity index (χ0n) is 16.8. The standard InChI is InChI=1S/C23H18F2N6O.2H2/c24-14-4-3-5-15(25)19(14)23(32)31-10-8-13(9-11-31)18-12-27-21(26)20(28-18)22-29-16-6-1-2-7-17(16)30-22;;/h1-8,12H,9-11H2,(H2,26,27)(H,29,30);2*1H. The average Bonchev–Trinajstić information content (AvgIpc) is 3.23. The van der Waals surface area contributed by atoms with E-state index in [1.807, 2.05) is 30.3 Å². The number of carbonyl (C=O) groups excluding carboxylic acids is 1. The van der Waals surface area contributed by atoms with Crippen LogP contribution in [0, 0.1) is 11.6 Å². The van der Waals surface area contributed by atoms with Crippen LogP contribution in [0.1, 0.15) is 25.3 Å². The molecular weight excluding hydrogens is 414 g/mol. The molecule has 4 aromatic rings. The molecule has 1 aliphatic rings. The van der Waals surface area contributed by atoms with Crippen molar-refractivity contribution in [3.8, 4) is 11.5 Å². The molecule has 7 nitrogen and oxygen atoms in total. The lowest BCUT2D eigenvalue weighted by atomic mass is 10.0. The van der Waals surface area contributed by atoms with Gasteiger partial charge < -0.3 is 15.6 Å². The van der Waals surface area contributed by atoms with E-state index >= 15 is 0 Å². The Bertz CT molecular complexity index is 1340. The molecule has 164 valence electrons. The van der Waals surface area contributed by atoms with E-state index in [4.69, 9.17) is 5.73 Å². The minimum absolute atomic E-state index is 0. The van der Waals surface area contributed by atoms with Crippen LogP contribution in [0.5, 0.6) is 0 Å². The second kappa shape index (κ2) is 7.84. The highest BCUT2D eigenvalue weighted by Gasteiger charge is 2.25. The first-order valence-electron chi connectivity index (χ1n) is 10.0. The van der Waals surface area contributed by atoms with Gasteiger partial charge in [0.15, 0.2) is 11.6 Å². The molecule has 0 radical (unpaired) electrons. The van der Waals surface area contributed by atoms with Crippen LogP contribution in [0.4, 0.5) is 14.6 Å². The number of aromatic amines is 1. The number of hydrogen-bond donors (Lipinski definition) is 2. The van der Waals surface area contributed by atoms with Crippen molar-refractivity contribution in [2.75, 3.05) is 18.8 Å². The lowest BCUT2D eigenvalue weighted by Gasteiger charge is -2.26. The van der Waals surface area contributed by atoms with Crippen molar-refractivity contribution in [3.05, 3.63) is 77.6 Å². The summed E-state index contributed by atoms with van der Waals surface area (Å²) in [5.74, 6) is -1.66. The molecule has 0 bridgehead atoms. The van der Waals surface area contributed by atoms with Gasteiger partial charge in [0, 0.05) is 15.9 Å². The van der Waals surface area contributed by atoms with E-state index in [0.29, 0.717) is 30.2 Å². The highest BCUT2D eigenvalue weighted by molar-refractivity contribution is 5.95. The van der Waals surface area contributed by atoms with Crippen LogP contribution in [0.25, 0.3) is 28.1 Å². The van der Waals surface area contributed by atoms with Crippen LogP contribution >= 0.6 is 0 Å². The number of nitrogens with two attached hydrogens (primary N) is 1. The molecule has 0 fully saturated rings. The van der Waals surface area contributed by atoms with Gasteiger partial charge in [0.05, 0.1) is 22.9 Å². The van der Waals surface area contributed by atoms with Gasteiger partial charge in [-0.3, -0.25) is 4.79 Å². The molecule has 0 spiro atoms. The topological polar surface area (TPSA) is 101 Å². The predicted octanol–water partition coefficient (Wildman–Crippen LogP) is 4.30. The fraction of sp³-hybridized carbons (Fsp3) is 0.130. The first-order valence-corrected chi connectivity index (χ1v) is 10.0. The van der Waals surface area contributed by atoms with Gasteiger partial charge in [-0.25, -0.2) is 23.7 Å². The molecule has 0 unspecified atom stereocenters. The third-order valence-electron chi connectivity index (χ3n) is 5.42. The summed E-state index contributed by atoms with van der Waals surface area (Å²) in [4.78, 5) is 30.6. The summed E-state index contributed by atoms with van der Waals surface area (Å²) in [6, 6.07) is 11.0. The third kappa shape index (κ3) is 3.47. The molecule has 0 atom stereocenters. The lowest BCUT2D eigenvalue weighted by molar-refractivity contribution is 0.0763. The van der Waals surface area contributed by atoms with Gasteiger partial charge in [-0.1, -0.05) is 24.3 Å². The monoisotopic (exact) mass is 436 g/mol. The van der Waals surface area contributed by atoms with Crippen molar-refractivity contribution in [2.45, 2.75) is 6.42 Å². The van der Waals surface area contributed by atoms with Crippen LogP contribution in [-0.2, 0) is 0 Å². The Labute approximate surface area is 184 Å². The van der Waals surface area contributed by atoms with Crippen LogP contribution in [0.2, 0.25) is 0 Å². The maximum Gasteiger partial charge on any atom is 0.260 e. The largest absolute Gasteiger partial charge is 0.382 e. The molecule has 32 heavy (non-hydrogen) atoms. The van der Waals surface area contributed by atoms with E-state index in [1.54, 1.807) is 6.20 Å². The number of amides is 1. The first-order chi connectivity index (χ1) is 15.5. The van der Waals surface area contributed by atoms with Crippen molar-refractivity contribution in [1.29, 1.82) is 0 Å². The summed E-state index contributed by atoms with van der Waals surface area (Å²) in [5, 5.41) is 0. The molecule has 9 heteroatoms. The quantitative estimate of drug-likeness (QED) is 0.499. The normalized spacial score (nSPS) is 13.9. The maximum atomic E-state index is 14.0. The number of rotatable bonds is 3. The Morgan fingerprint density at radius 1 is 1.09 bits per heavy atom. The first kappa shape index (κ1) is 19.8. The Morgan fingerprint density at radius 3 is 2.59 bits per heavy atom. The number of benzene rings is 2.